The second kappa shape index (κ2) is 6.54. The van der Waals surface area contributed by atoms with Gasteiger partial charge in [0.05, 0.1) is 17.8 Å². The third-order valence-electron chi connectivity index (χ3n) is 5.82. The first kappa shape index (κ1) is 18.1. The summed E-state index contributed by atoms with van der Waals surface area (Å²) >= 11 is 0. The van der Waals surface area contributed by atoms with Crippen LogP contribution in [0.1, 0.15) is 46.0 Å². The molecule has 136 valence electrons. The predicted molar refractivity (Wildman–Crippen MR) is 92.8 cm³/mol. The average molecular weight is 346 g/mol. The number of rotatable bonds is 0. The molecule has 0 aliphatic carbocycles. The summed E-state index contributed by atoms with van der Waals surface area (Å²) in [5, 5.41) is 10.8. The highest BCUT2D eigenvalue weighted by molar-refractivity contribution is 6.04. The van der Waals surface area contributed by atoms with Crippen molar-refractivity contribution in [3.63, 3.8) is 0 Å². The highest BCUT2D eigenvalue weighted by Gasteiger charge is 2.49. The Morgan fingerprint density at radius 3 is 2.76 bits per heavy atom. The molecule has 2 fully saturated rings. The topological polar surface area (TPSA) is 72.8 Å². The van der Waals surface area contributed by atoms with Gasteiger partial charge in [-0.05, 0) is 57.1 Å². The van der Waals surface area contributed by atoms with Crippen LogP contribution in [-0.2, 0) is 19.1 Å². The number of Topliss-reactive ketones (excluding diaryl/α,β-unsaturated/α-hetero) is 1. The van der Waals surface area contributed by atoms with E-state index in [0.29, 0.717) is 18.4 Å². The Bertz CT molecular complexity index is 661. The lowest BCUT2D eigenvalue weighted by Crippen LogP contribution is -2.42. The van der Waals surface area contributed by atoms with Gasteiger partial charge >= 0.3 is 5.97 Å². The van der Waals surface area contributed by atoms with E-state index in [1.165, 1.54) is 0 Å². The van der Waals surface area contributed by atoms with Gasteiger partial charge in [-0.25, -0.2) is 4.79 Å². The third kappa shape index (κ3) is 3.23. The standard InChI is InChI=1S/C20H26O5/c1-11-6-5-7-12(2)17(22)18-14(13(3)19(23)24-18)10-16(21)20(4)9-8-15(11)25-20/h7,14-16,18,21H,1,3,5-6,8-10H2,2,4H3. The molecule has 0 aromatic heterocycles. The van der Waals surface area contributed by atoms with Gasteiger partial charge in [0.2, 0.25) is 0 Å². The molecule has 5 unspecified atom stereocenters. The van der Waals surface area contributed by atoms with Crippen LogP contribution in [0.5, 0.6) is 0 Å². The van der Waals surface area contributed by atoms with Gasteiger partial charge in [-0.3, -0.25) is 4.79 Å². The zero-order valence-electron chi connectivity index (χ0n) is 14.9. The van der Waals surface area contributed by atoms with Crippen molar-refractivity contribution < 1.29 is 24.2 Å². The first-order valence-electron chi connectivity index (χ1n) is 8.87. The Morgan fingerprint density at radius 1 is 1.32 bits per heavy atom. The summed E-state index contributed by atoms with van der Waals surface area (Å²) in [5.74, 6) is -1.30. The van der Waals surface area contributed by atoms with Crippen molar-refractivity contribution in [2.24, 2.45) is 5.92 Å². The van der Waals surface area contributed by atoms with E-state index in [4.69, 9.17) is 9.47 Å². The Hall–Kier alpha value is -1.72. The molecule has 5 heteroatoms. The Morgan fingerprint density at radius 2 is 2.04 bits per heavy atom. The van der Waals surface area contributed by atoms with Crippen molar-refractivity contribution >= 4 is 11.8 Å². The minimum absolute atomic E-state index is 0.0785. The summed E-state index contributed by atoms with van der Waals surface area (Å²) in [6.45, 7) is 11.5. The molecule has 5 nitrogen and oxygen atoms in total. The number of ether oxygens (including phenoxy) is 2. The van der Waals surface area contributed by atoms with Crippen molar-refractivity contribution in [1.29, 1.82) is 0 Å². The number of ketones is 1. The molecular formula is C20H26O5. The third-order valence-corrected chi connectivity index (χ3v) is 5.82. The van der Waals surface area contributed by atoms with Gasteiger partial charge in [0, 0.05) is 11.5 Å². The van der Waals surface area contributed by atoms with Crippen LogP contribution in [0.25, 0.3) is 0 Å². The molecule has 0 aromatic rings. The molecule has 3 aliphatic heterocycles. The van der Waals surface area contributed by atoms with Crippen LogP contribution in [0.2, 0.25) is 0 Å². The van der Waals surface area contributed by atoms with E-state index in [9.17, 15) is 14.7 Å². The maximum absolute atomic E-state index is 12.7. The zero-order chi connectivity index (χ0) is 18.4. The minimum Gasteiger partial charge on any atom is -0.450 e. The van der Waals surface area contributed by atoms with Gasteiger partial charge in [0.25, 0.3) is 0 Å². The summed E-state index contributed by atoms with van der Waals surface area (Å²) in [7, 11) is 0. The molecule has 0 spiro atoms. The lowest BCUT2D eigenvalue weighted by Gasteiger charge is -2.32. The molecule has 0 saturated carbocycles. The number of aliphatic hydroxyl groups excluding tert-OH is 1. The molecule has 2 saturated heterocycles. The Balaban J connectivity index is 1.94. The maximum Gasteiger partial charge on any atom is 0.334 e. The second-order valence-electron chi connectivity index (χ2n) is 7.62. The number of hydrogen-bond donors (Lipinski definition) is 1. The highest BCUT2D eigenvalue weighted by Crippen LogP contribution is 2.41. The maximum atomic E-state index is 12.7. The zero-order valence-corrected chi connectivity index (χ0v) is 14.9. The minimum atomic E-state index is -0.907. The fraction of sp³-hybridized carbons (Fsp3) is 0.600. The summed E-state index contributed by atoms with van der Waals surface area (Å²) in [6.07, 6.45) is 3.20. The number of aliphatic hydroxyl groups is 1. The van der Waals surface area contributed by atoms with Crippen molar-refractivity contribution in [1.82, 2.24) is 0 Å². The van der Waals surface area contributed by atoms with E-state index in [2.05, 4.69) is 13.2 Å². The number of carbonyl (C=O) groups is 2. The van der Waals surface area contributed by atoms with Gasteiger partial charge < -0.3 is 14.6 Å². The first-order chi connectivity index (χ1) is 11.7. The van der Waals surface area contributed by atoms with Crippen molar-refractivity contribution in [3.05, 3.63) is 36.0 Å². The summed E-state index contributed by atoms with van der Waals surface area (Å²) in [5.41, 5.74) is 1.09. The van der Waals surface area contributed by atoms with E-state index in [0.717, 1.165) is 18.4 Å². The molecular weight excluding hydrogens is 320 g/mol. The number of esters is 1. The number of allylic oxidation sites excluding steroid dienone is 1. The predicted octanol–water partition coefficient (Wildman–Crippen LogP) is 2.64. The average Bonchev–Trinajstić information content (AvgIpc) is 3.10. The van der Waals surface area contributed by atoms with Gasteiger partial charge in [-0.15, -0.1) is 0 Å². The van der Waals surface area contributed by atoms with Crippen LogP contribution in [-0.4, -0.2) is 40.8 Å². The molecule has 1 N–H and O–H groups in total. The molecule has 5 atom stereocenters. The normalized spacial score (nSPS) is 39.9. The molecule has 3 heterocycles. The molecule has 0 aromatic carbocycles. The first-order valence-corrected chi connectivity index (χ1v) is 8.87. The molecule has 25 heavy (non-hydrogen) atoms. The van der Waals surface area contributed by atoms with Gasteiger partial charge in [0.1, 0.15) is 0 Å². The summed E-state index contributed by atoms with van der Waals surface area (Å²) in [6, 6.07) is 0. The van der Waals surface area contributed by atoms with E-state index in [1.54, 1.807) is 6.92 Å². The Kier molecular flexibility index (Phi) is 4.73. The van der Waals surface area contributed by atoms with Crippen LogP contribution < -0.4 is 0 Å². The van der Waals surface area contributed by atoms with Crippen molar-refractivity contribution in [3.8, 4) is 0 Å². The van der Waals surface area contributed by atoms with Crippen LogP contribution >= 0.6 is 0 Å². The summed E-state index contributed by atoms with van der Waals surface area (Å²) in [4.78, 5) is 24.7. The SMILES string of the molecule is C=C1CCC=C(C)C(=O)C2OC(=O)C(=C)C2CC(O)C2(C)CCC1O2. The van der Waals surface area contributed by atoms with Gasteiger partial charge in [-0.1, -0.05) is 19.2 Å². The van der Waals surface area contributed by atoms with Crippen molar-refractivity contribution in [2.45, 2.75) is 69.9 Å². The Labute approximate surface area is 148 Å². The second-order valence-corrected chi connectivity index (χ2v) is 7.62. The smallest absolute Gasteiger partial charge is 0.334 e. The fourth-order valence-corrected chi connectivity index (χ4v) is 3.95. The number of hydrogen-bond acceptors (Lipinski definition) is 5. The largest absolute Gasteiger partial charge is 0.450 e. The monoisotopic (exact) mass is 346 g/mol. The lowest BCUT2D eigenvalue weighted by atomic mass is 9.82. The molecule has 3 aliphatic rings. The van der Waals surface area contributed by atoms with Crippen LogP contribution in [0.3, 0.4) is 0 Å². The van der Waals surface area contributed by atoms with E-state index in [-0.39, 0.29) is 23.9 Å². The van der Waals surface area contributed by atoms with Crippen LogP contribution in [0, 0.1) is 5.92 Å². The van der Waals surface area contributed by atoms with Gasteiger partial charge in [-0.2, -0.15) is 0 Å². The quantitative estimate of drug-likeness (QED) is 0.415. The molecule has 0 amide bonds. The molecule has 0 radical (unpaired) electrons. The van der Waals surface area contributed by atoms with E-state index < -0.39 is 29.7 Å². The number of carbonyl (C=O) groups excluding carboxylic acids is 2. The fourth-order valence-electron chi connectivity index (χ4n) is 3.95. The molecule has 3 rings (SSSR count). The van der Waals surface area contributed by atoms with Crippen LogP contribution in [0.4, 0.5) is 0 Å². The molecule has 2 bridgehead atoms. The highest BCUT2D eigenvalue weighted by atomic mass is 16.6. The van der Waals surface area contributed by atoms with E-state index in [1.807, 2.05) is 13.0 Å². The number of fused-ring (bicyclic) bond motifs is 3. The van der Waals surface area contributed by atoms with Gasteiger partial charge in [0.15, 0.2) is 11.9 Å². The van der Waals surface area contributed by atoms with Crippen molar-refractivity contribution in [2.75, 3.05) is 0 Å². The van der Waals surface area contributed by atoms with Crippen LogP contribution in [0.15, 0.2) is 36.0 Å². The van der Waals surface area contributed by atoms with E-state index >= 15 is 0 Å². The lowest BCUT2D eigenvalue weighted by molar-refractivity contribution is -0.146. The summed E-state index contributed by atoms with van der Waals surface area (Å²) < 4.78 is 11.4.